The smallest absolute Gasteiger partial charge is 0.478 e. The number of benzene rings is 5. The van der Waals surface area contributed by atoms with Gasteiger partial charge in [0.05, 0.1) is 51.3 Å². The molecule has 12 aromatic rings. The first-order valence-electron chi connectivity index (χ1n) is 38.3. The van der Waals surface area contributed by atoms with E-state index in [1.54, 1.807) is 73.0 Å². The largest absolute Gasteiger partial charge is 0.483 e. The number of ketones is 5. The van der Waals surface area contributed by atoms with Gasteiger partial charge in [-0.2, -0.15) is 0 Å². The van der Waals surface area contributed by atoms with Crippen molar-refractivity contribution in [2.45, 2.75) is 89.2 Å². The molecule has 0 spiro atoms. The molecule has 39 heteroatoms. The summed E-state index contributed by atoms with van der Waals surface area (Å²) in [5.74, 6) is 0.781. The quantitative estimate of drug-likeness (QED) is 0.0544. The molecular weight excluding hydrogens is 1880 g/mol. The van der Waals surface area contributed by atoms with Crippen molar-refractivity contribution in [2.24, 2.45) is 0 Å². The Kier molecular flexibility index (Phi) is 36.5. The molecule has 5 aromatic carbocycles. The van der Waals surface area contributed by atoms with Crippen molar-refractivity contribution < 1.29 is 121 Å². The normalized spacial score (nSPS) is 13.2. The summed E-state index contributed by atoms with van der Waals surface area (Å²) in [7, 11) is 0. The van der Waals surface area contributed by atoms with E-state index in [9.17, 15) is 91.8 Å². The van der Waals surface area contributed by atoms with Crippen molar-refractivity contribution in [3.8, 4) is 5.69 Å². The van der Waals surface area contributed by atoms with Gasteiger partial charge in [-0.05, 0) is 171 Å². The van der Waals surface area contributed by atoms with Gasteiger partial charge in [-0.25, -0.2) is 53.7 Å². The first-order valence-corrected chi connectivity index (χ1v) is 39.9. The van der Waals surface area contributed by atoms with Gasteiger partial charge in [0, 0.05) is 111 Å². The van der Waals surface area contributed by atoms with E-state index >= 15 is 0 Å². The van der Waals surface area contributed by atoms with Crippen LogP contribution in [0.2, 0.25) is 0 Å². The summed E-state index contributed by atoms with van der Waals surface area (Å²) in [5, 5.41) is 10.1. The fourth-order valence-corrected chi connectivity index (χ4v) is 13.8. The van der Waals surface area contributed by atoms with E-state index in [0.717, 1.165) is 68.3 Å². The number of nitrogens with zero attached hydrogens (tertiary/aromatic N) is 11. The zero-order valence-electron chi connectivity index (χ0n) is 70.6. The van der Waals surface area contributed by atoms with Crippen LogP contribution in [0.5, 0.6) is 0 Å². The summed E-state index contributed by atoms with van der Waals surface area (Å²) in [6, 6.07) is 59.9. The minimum absolute atomic E-state index is 0.0191. The molecular formula is C93H73Br2F10N11O16. The number of carboxylic acids is 1. The third-order valence-electron chi connectivity index (χ3n) is 19.1. The lowest BCUT2D eigenvalue weighted by molar-refractivity contribution is -0.122. The van der Waals surface area contributed by atoms with Gasteiger partial charge in [0.15, 0.2) is 32.1 Å². The molecule has 11 heterocycles. The van der Waals surface area contributed by atoms with E-state index in [1.165, 1.54) is 56.5 Å². The Balaban J connectivity index is 0.000000208. The van der Waals surface area contributed by atoms with Crippen molar-refractivity contribution in [1.29, 1.82) is 0 Å². The number of anilines is 8. The van der Waals surface area contributed by atoms with Crippen molar-refractivity contribution in [1.82, 2.24) is 34.5 Å². The van der Waals surface area contributed by atoms with Gasteiger partial charge in [0.25, 0.3) is 5.91 Å². The molecule has 5 aliphatic rings. The molecule has 4 aliphatic heterocycles. The van der Waals surface area contributed by atoms with Gasteiger partial charge < -0.3 is 9.67 Å². The Morgan fingerprint density at radius 3 is 1.05 bits per heavy atom. The molecule has 0 atom stereocenters. The highest BCUT2D eigenvalue weighted by atomic mass is 79.9. The Labute approximate surface area is 761 Å². The molecule has 27 nitrogen and oxygen atoms in total. The van der Waals surface area contributed by atoms with Gasteiger partial charge in [-0.15, -0.1) is 43.9 Å². The maximum absolute atomic E-state index is 12.8. The average molecular weight is 1950 g/mol. The maximum Gasteiger partial charge on any atom is 0.483 e. The lowest BCUT2D eigenvalue weighted by Crippen LogP contribution is -2.33. The molecule has 0 radical (unpaired) electrons. The van der Waals surface area contributed by atoms with Crippen LogP contribution in [0.1, 0.15) is 158 Å². The van der Waals surface area contributed by atoms with Crippen LogP contribution in [-0.4, -0.2) is 130 Å². The van der Waals surface area contributed by atoms with E-state index in [1.807, 2.05) is 201 Å². The average Bonchev–Trinajstić information content (AvgIpc) is 1.59. The number of halogens is 12. The van der Waals surface area contributed by atoms with Gasteiger partial charge in [0.2, 0.25) is 17.7 Å². The standard InChI is InChI=1S/C17H16N2O2.C16H14N2O3.C15H10Br2N2O2.C15H12N2O2.C15H12N2O.C10H9NO.5CF2O/c1-11(20)12-9-14-15(18-10-12)19(16(21)17(14,2)3)13-7-5-4-6-8-13;1-16(2)12-8-10(14(19)20)9-17-13(12)18(15(16)21)11-6-4-3-5-7-11;1-9(20)10-7-12-13(18-8-10)19(14(21)15(12,16)17)11-5-3-2-4-6-11;1-10(18)12-7-11-8-14(19)17(15(11)16-9-12)13-5-3-2-4-6-13;1-11(18)13-9-12-7-8-17(15(12)16-10-13)14-5-3-2-4-6-14;1-7(12)9-5-8-3-2-4-10(8)11-6-9;5*2-1(3)4/h4-10H,1-3H3;3-9H,1-2H3,(H,19,20);2-8H,1H3;2-7,9H,8H2,1H3;2-10H,1H3;2-3,5-6H,4H2,1H3;;;;;. The zero-order valence-corrected chi connectivity index (χ0v) is 73.8. The molecule has 680 valence electrons. The number of aromatic nitrogens is 7. The molecule has 7 aromatic heterocycles. The highest BCUT2D eigenvalue weighted by molar-refractivity contribution is 9.25. The number of fused-ring (bicyclic) bond motifs is 6. The fourth-order valence-electron chi connectivity index (χ4n) is 12.9. The second-order valence-electron chi connectivity index (χ2n) is 28.7. The number of carbonyl (C=O) groups is 15. The summed E-state index contributed by atoms with van der Waals surface area (Å²) in [4.78, 5) is 191. The van der Waals surface area contributed by atoms with E-state index in [0.29, 0.717) is 68.6 Å². The lowest BCUT2D eigenvalue weighted by atomic mass is 9.86. The summed E-state index contributed by atoms with van der Waals surface area (Å²) >= 11 is 6.80. The number of carbonyl (C=O) groups excluding carboxylic acids is 14. The predicted molar refractivity (Wildman–Crippen MR) is 474 cm³/mol. The molecule has 17 rings (SSSR count). The van der Waals surface area contributed by atoms with Crippen LogP contribution < -0.4 is 19.6 Å². The van der Waals surface area contributed by atoms with Crippen LogP contribution in [0.15, 0.2) is 244 Å². The third-order valence-corrected chi connectivity index (χ3v) is 20.7. The summed E-state index contributed by atoms with van der Waals surface area (Å²) in [6.45, 7) is 14.9. The van der Waals surface area contributed by atoms with Gasteiger partial charge in [-0.3, -0.25) is 67.7 Å². The van der Waals surface area contributed by atoms with Crippen LogP contribution >= 0.6 is 31.9 Å². The van der Waals surface area contributed by atoms with Crippen LogP contribution in [0.25, 0.3) is 22.8 Å². The van der Waals surface area contributed by atoms with E-state index in [-0.39, 0.29) is 58.1 Å². The van der Waals surface area contributed by atoms with Crippen LogP contribution in [0, 0.1) is 0 Å². The minimum Gasteiger partial charge on any atom is -0.478 e. The highest BCUT2D eigenvalue weighted by Crippen LogP contribution is 2.53. The second-order valence-corrected chi connectivity index (χ2v) is 32.2. The predicted octanol–water partition coefficient (Wildman–Crippen LogP) is 22.7. The monoisotopic (exact) mass is 1950 g/mol. The summed E-state index contributed by atoms with van der Waals surface area (Å²) in [6.07, 6.45) is 2.16. The number of amides is 4. The van der Waals surface area contributed by atoms with Gasteiger partial charge >= 0.3 is 37.4 Å². The molecule has 0 saturated heterocycles. The minimum atomic E-state index is -2.83. The fraction of sp³-hybridized carbons (Fsp3) is 0.151. The number of rotatable bonds is 11. The number of Topliss-reactive ketones (excluding diaryl/α,β-unsaturated/α-hetero) is 5. The number of alkyl halides is 2. The van der Waals surface area contributed by atoms with Crippen molar-refractivity contribution in [3.63, 3.8) is 0 Å². The molecule has 0 saturated carbocycles. The topological polar surface area (TPSA) is 372 Å². The third kappa shape index (κ3) is 27.1. The number of hydrogen-bond donors (Lipinski definition) is 1. The molecule has 4 amide bonds. The number of aromatic carboxylic acids is 1. The van der Waals surface area contributed by atoms with Crippen molar-refractivity contribution in [2.75, 3.05) is 19.6 Å². The Morgan fingerprint density at radius 2 is 0.659 bits per heavy atom. The SMILES string of the molecule is CC(=O)c1cnc2c(c1)C(Br)(Br)C(=O)N2c1ccccc1.CC(=O)c1cnc2c(c1)C(C)(C)C(=O)N2c1ccccc1.CC(=O)c1cnc2c(c1)C=CC2.CC(=O)c1cnc2c(c1)CC(=O)N2c1ccccc1.CC(=O)c1cnc2c(ccn2-c2ccccc2)c1.CC1(C)C(=O)N(c2ccccc2)c2ncc(C(=O)O)cc21.O=C(F)F.O=C(F)F.O=C(F)F.O=C(F)F.O=C(F)F. The van der Waals surface area contributed by atoms with E-state index < -0.39 is 51.5 Å². The second kappa shape index (κ2) is 46.5. The Morgan fingerprint density at radius 1 is 0.356 bits per heavy atom. The molecule has 0 unspecified atom stereocenters. The first kappa shape index (κ1) is 104. The summed E-state index contributed by atoms with van der Waals surface area (Å²) < 4.78 is 97.9. The van der Waals surface area contributed by atoms with Gasteiger partial charge in [0.1, 0.15) is 28.9 Å². The van der Waals surface area contributed by atoms with Crippen molar-refractivity contribution in [3.05, 3.63) is 310 Å². The highest BCUT2D eigenvalue weighted by Gasteiger charge is 2.50. The molecule has 1 N–H and O–H groups in total. The van der Waals surface area contributed by atoms with E-state index in [4.69, 9.17) is 29.1 Å². The first-order chi connectivity index (χ1) is 62.1. The number of allylic oxidation sites excluding steroid dienone is 1. The number of pyridine rings is 6. The molecule has 0 fully saturated rings. The lowest BCUT2D eigenvalue weighted by Gasteiger charge is -2.19. The molecule has 132 heavy (non-hydrogen) atoms. The molecule has 0 bridgehead atoms. The summed E-state index contributed by atoms with van der Waals surface area (Å²) in [5.41, 5.74) is 11.5. The van der Waals surface area contributed by atoms with Crippen LogP contribution in [0.4, 0.5) is 114 Å². The van der Waals surface area contributed by atoms with Gasteiger partial charge in [-0.1, -0.05) is 135 Å². The Bertz CT molecular complexity index is 6030. The number of hydrogen-bond acceptors (Lipinski definition) is 21. The van der Waals surface area contributed by atoms with Crippen molar-refractivity contribution >= 4 is 185 Å². The number of para-hydroxylation sites is 5. The van der Waals surface area contributed by atoms with Crippen LogP contribution in [0.3, 0.4) is 0 Å². The molecule has 1 aliphatic carbocycles. The number of carboxylic acid groups (broad SMARTS) is 1. The maximum atomic E-state index is 12.8. The van der Waals surface area contributed by atoms with Crippen LogP contribution in [-0.2, 0) is 46.1 Å². The Hall–Kier alpha value is -15.4. The van der Waals surface area contributed by atoms with E-state index in [2.05, 4.69) is 67.8 Å². The zero-order chi connectivity index (χ0) is 98.0.